The van der Waals surface area contributed by atoms with Gasteiger partial charge in [0, 0.05) is 19.0 Å². The van der Waals surface area contributed by atoms with E-state index in [1.165, 1.54) is 18.4 Å². The van der Waals surface area contributed by atoms with Crippen LogP contribution >= 0.6 is 0 Å². The van der Waals surface area contributed by atoms with E-state index < -0.39 is 0 Å². The molecule has 0 spiro atoms. The van der Waals surface area contributed by atoms with Crippen molar-refractivity contribution in [2.24, 2.45) is 17.6 Å². The number of rotatable bonds is 2. The van der Waals surface area contributed by atoms with Gasteiger partial charge < -0.3 is 10.6 Å². The molecule has 1 aliphatic heterocycles. The summed E-state index contributed by atoms with van der Waals surface area (Å²) >= 11 is 0. The summed E-state index contributed by atoms with van der Waals surface area (Å²) in [4.78, 5) is 14.5. The fourth-order valence-electron chi connectivity index (χ4n) is 3.02. The van der Waals surface area contributed by atoms with Gasteiger partial charge in [0.2, 0.25) is 5.91 Å². The van der Waals surface area contributed by atoms with Crippen LogP contribution in [-0.4, -0.2) is 30.4 Å². The Morgan fingerprint density at radius 1 is 1.47 bits per heavy atom. The highest BCUT2D eigenvalue weighted by Crippen LogP contribution is 2.31. The maximum absolute atomic E-state index is 12.5. The van der Waals surface area contributed by atoms with Gasteiger partial charge in [-0.2, -0.15) is 0 Å². The molecule has 3 heteroatoms. The summed E-state index contributed by atoms with van der Waals surface area (Å²) in [6, 6.07) is 0. The van der Waals surface area contributed by atoms with Gasteiger partial charge in [-0.15, -0.1) is 0 Å². The Morgan fingerprint density at radius 3 is 2.88 bits per heavy atom. The molecule has 2 rings (SSSR count). The number of nitrogens with zero attached hydrogens (tertiary/aromatic N) is 1. The monoisotopic (exact) mass is 236 g/mol. The fourth-order valence-corrected chi connectivity index (χ4v) is 3.02. The van der Waals surface area contributed by atoms with Crippen LogP contribution in [0.1, 0.15) is 39.0 Å². The summed E-state index contributed by atoms with van der Waals surface area (Å²) in [6.07, 6.45) is 7.82. The molecule has 0 saturated heterocycles. The number of hydrogen-bond donors (Lipinski definition) is 1. The van der Waals surface area contributed by atoms with Crippen molar-refractivity contribution >= 4 is 5.91 Å². The molecule has 2 unspecified atom stereocenters. The summed E-state index contributed by atoms with van der Waals surface area (Å²) in [5.41, 5.74) is 7.21. The molecule has 0 aromatic heterocycles. The largest absolute Gasteiger partial charge is 0.338 e. The van der Waals surface area contributed by atoms with Crippen LogP contribution in [0.5, 0.6) is 0 Å². The van der Waals surface area contributed by atoms with E-state index in [1.54, 1.807) is 0 Å². The van der Waals surface area contributed by atoms with Gasteiger partial charge in [0.25, 0.3) is 0 Å². The van der Waals surface area contributed by atoms with E-state index in [2.05, 4.69) is 13.0 Å². The lowest BCUT2D eigenvalue weighted by atomic mass is 9.78. The van der Waals surface area contributed by atoms with Crippen LogP contribution < -0.4 is 5.73 Å². The summed E-state index contributed by atoms with van der Waals surface area (Å²) in [5, 5.41) is 0. The van der Waals surface area contributed by atoms with Gasteiger partial charge >= 0.3 is 0 Å². The molecule has 2 N–H and O–H groups in total. The predicted molar refractivity (Wildman–Crippen MR) is 69.5 cm³/mol. The first-order chi connectivity index (χ1) is 8.22. The molecule has 2 atom stereocenters. The van der Waals surface area contributed by atoms with E-state index in [1.807, 2.05) is 4.90 Å². The molecule has 1 heterocycles. The smallest absolute Gasteiger partial charge is 0.226 e. The van der Waals surface area contributed by atoms with Crippen molar-refractivity contribution in [3.05, 3.63) is 11.6 Å². The summed E-state index contributed by atoms with van der Waals surface area (Å²) in [7, 11) is 0. The Bertz CT molecular complexity index is 311. The fraction of sp³-hybridized carbons (Fsp3) is 0.786. The number of amides is 1. The number of carbonyl (C=O) groups is 1. The third kappa shape index (κ3) is 2.89. The minimum absolute atomic E-state index is 0.195. The van der Waals surface area contributed by atoms with Gasteiger partial charge in [0.1, 0.15) is 0 Å². The summed E-state index contributed by atoms with van der Waals surface area (Å²) in [5.74, 6) is 0.965. The Kier molecular flexibility index (Phi) is 4.21. The van der Waals surface area contributed by atoms with Crippen molar-refractivity contribution in [3.63, 3.8) is 0 Å². The van der Waals surface area contributed by atoms with Crippen LogP contribution in [-0.2, 0) is 4.79 Å². The third-order valence-corrected chi connectivity index (χ3v) is 4.28. The molecule has 1 saturated carbocycles. The molecule has 0 aromatic rings. The van der Waals surface area contributed by atoms with Gasteiger partial charge in [-0.3, -0.25) is 4.79 Å². The first-order valence-electron chi connectivity index (χ1n) is 6.87. The topological polar surface area (TPSA) is 46.3 Å². The molecule has 0 aromatic carbocycles. The van der Waals surface area contributed by atoms with E-state index in [9.17, 15) is 4.79 Å². The zero-order valence-corrected chi connectivity index (χ0v) is 10.8. The molecule has 3 nitrogen and oxygen atoms in total. The lowest BCUT2D eigenvalue weighted by molar-refractivity contribution is -0.138. The van der Waals surface area contributed by atoms with Crippen LogP contribution in [0.2, 0.25) is 0 Å². The molecular weight excluding hydrogens is 212 g/mol. The molecule has 2 aliphatic rings. The molecule has 17 heavy (non-hydrogen) atoms. The third-order valence-electron chi connectivity index (χ3n) is 4.28. The normalized spacial score (nSPS) is 30.0. The molecule has 0 radical (unpaired) electrons. The van der Waals surface area contributed by atoms with Crippen molar-refractivity contribution < 1.29 is 4.79 Å². The second-order valence-corrected chi connectivity index (χ2v) is 5.47. The Labute approximate surface area is 104 Å². The van der Waals surface area contributed by atoms with Gasteiger partial charge in [0.05, 0.1) is 0 Å². The molecule has 96 valence electrons. The zero-order valence-electron chi connectivity index (χ0n) is 10.8. The summed E-state index contributed by atoms with van der Waals surface area (Å²) in [6.45, 7) is 4.51. The molecular formula is C14H24N2O. The maximum Gasteiger partial charge on any atom is 0.226 e. The molecule has 0 bridgehead atoms. The van der Waals surface area contributed by atoms with E-state index in [0.717, 1.165) is 32.4 Å². The average molecular weight is 236 g/mol. The van der Waals surface area contributed by atoms with Gasteiger partial charge in [0.15, 0.2) is 0 Å². The standard InChI is InChI=1S/C14H24N2O/c1-11-6-8-16(9-7-11)14(17)13-5-3-2-4-12(13)10-15/h6,12-13H,2-5,7-10,15H2,1H3. The van der Waals surface area contributed by atoms with Crippen molar-refractivity contribution in [1.82, 2.24) is 4.90 Å². The Balaban J connectivity index is 1.98. The van der Waals surface area contributed by atoms with Crippen molar-refractivity contribution in [2.45, 2.75) is 39.0 Å². The number of carbonyl (C=O) groups excluding carboxylic acids is 1. The van der Waals surface area contributed by atoms with Crippen LogP contribution in [0.15, 0.2) is 11.6 Å². The summed E-state index contributed by atoms with van der Waals surface area (Å²) < 4.78 is 0. The number of nitrogens with two attached hydrogens (primary N) is 1. The second kappa shape index (κ2) is 5.67. The van der Waals surface area contributed by atoms with Gasteiger partial charge in [-0.05, 0) is 38.6 Å². The van der Waals surface area contributed by atoms with Crippen LogP contribution in [0.4, 0.5) is 0 Å². The van der Waals surface area contributed by atoms with Crippen molar-refractivity contribution in [1.29, 1.82) is 0 Å². The lowest BCUT2D eigenvalue weighted by Crippen LogP contribution is -2.43. The number of hydrogen-bond acceptors (Lipinski definition) is 2. The van der Waals surface area contributed by atoms with E-state index in [4.69, 9.17) is 5.73 Å². The SMILES string of the molecule is CC1=CCN(C(=O)C2CCCCC2CN)CC1. The van der Waals surface area contributed by atoms with Gasteiger partial charge in [-0.1, -0.05) is 24.5 Å². The first kappa shape index (κ1) is 12.6. The second-order valence-electron chi connectivity index (χ2n) is 5.47. The van der Waals surface area contributed by atoms with Gasteiger partial charge in [-0.25, -0.2) is 0 Å². The van der Waals surface area contributed by atoms with E-state index in [0.29, 0.717) is 18.4 Å². The highest BCUT2D eigenvalue weighted by atomic mass is 16.2. The van der Waals surface area contributed by atoms with Crippen molar-refractivity contribution in [2.75, 3.05) is 19.6 Å². The maximum atomic E-state index is 12.5. The lowest BCUT2D eigenvalue weighted by Gasteiger charge is -2.35. The van der Waals surface area contributed by atoms with Crippen LogP contribution in [0.3, 0.4) is 0 Å². The molecule has 1 fully saturated rings. The highest BCUT2D eigenvalue weighted by Gasteiger charge is 2.32. The minimum Gasteiger partial charge on any atom is -0.338 e. The Hall–Kier alpha value is -0.830. The molecule has 1 amide bonds. The first-order valence-corrected chi connectivity index (χ1v) is 6.87. The van der Waals surface area contributed by atoms with E-state index >= 15 is 0 Å². The van der Waals surface area contributed by atoms with Crippen LogP contribution in [0.25, 0.3) is 0 Å². The quantitative estimate of drug-likeness (QED) is 0.745. The highest BCUT2D eigenvalue weighted by molar-refractivity contribution is 5.79. The molecule has 1 aliphatic carbocycles. The average Bonchev–Trinajstić information content (AvgIpc) is 2.39. The van der Waals surface area contributed by atoms with Crippen LogP contribution in [0, 0.1) is 11.8 Å². The zero-order chi connectivity index (χ0) is 12.3. The van der Waals surface area contributed by atoms with E-state index in [-0.39, 0.29) is 5.92 Å². The predicted octanol–water partition coefficient (Wildman–Crippen LogP) is 1.93. The minimum atomic E-state index is 0.195. The Morgan fingerprint density at radius 2 is 2.24 bits per heavy atom. The van der Waals surface area contributed by atoms with Crippen molar-refractivity contribution in [3.8, 4) is 0 Å².